The minimum absolute atomic E-state index is 0.0329. The highest BCUT2D eigenvalue weighted by molar-refractivity contribution is 5.55. The fourth-order valence-corrected chi connectivity index (χ4v) is 3.85. The average Bonchev–Trinajstić information content (AvgIpc) is 3.23. The Balaban J connectivity index is 1.90. The molecule has 0 bridgehead atoms. The van der Waals surface area contributed by atoms with Crippen molar-refractivity contribution in [1.82, 2.24) is 4.57 Å². The van der Waals surface area contributed by atoms with Crippen LogP contribution in [0.5, 0.6) is 5.75 Å². The lowest BCUT2D eigenvalue weighted by atomic mass is 9.83. The number of benzene rings is 1. The van der Waals surface area contributed by atoms with Gasteiger partial charge in [-0.3, -0.25) is 4.79 Å². The Labute approximate surface area is 174 Å². The molecule has 6 nitrogen and oxygen atoms in total. The van der Waals surface area contributed by atoms with Gasteiger partial charge >= 0.3 is 0 Å². The first-order chi connectivity index (χ1) is 14.4. The molecule has 2 N–H and O–H groups in total. The minimum atomic E-state index is -0.587. The summed E-state index contributed by atoms with van der Waals surface area (Å²) in [6.07, 6.45) is 1.58. The molecule has 0 aliphatic carbocycles. The van der Waals surface area contributed by atoms with Crippen molar-refractivity contribution in [3.05, 3.63) is 98.7 Å². The number of pyridine rings is 1. The zero-order chi connectivity index (χ0) is 21.4. The summed E-state index contributed by atoms with van der Waals surface area (Å²) in [7, 11) is 0. The molecule has 2 aromatic heterocycles. The predicted molar refractivity (Wildman–Crippen MR) is 113 cm³/mol. The summed E-state index contributed by atoms with van der Waals surface area (Å²) in [5, 5.41) is 9.79. The maximum atomic E-state index is 13.6. The molecule has 0 saturated carbocycles. The second-order valence-electron chi connectivity index (χ2n) is 7.78. The molecule has 0 amide bonds. The highest BCUT2D eigenvalue weighted by Crippen LogP contribution is 2.40. The fourth-order valence-electron chi connectivity index (χ4n) is 3.85. The van der Waals surface area contributed by atoms with Gasteiger partial charge in [0.25, 0.3) is 5.56 Å². The molecule has 152 valence electrons. The Morgan fingerprint density at radius 1 is 1.23 bits per heavy atom. The van der Waals surface area contributed by atoms with Crippen LogP contribution < -0.4 is 16.0 Å². The van der Waals surface area contributed by atoms with Gasteiger partial charge in [0.2, 0.25) is 5.88 Å². The first kappa shape index (κ1) is 19.6. The van der Waals surface area contributed by atoms with Crippen molar-refractivity contribution in [2.45, 2.75) is 39.2 Å². The number of hydrogen-bond donors (Lipinski definition) is 1. The number of fused-ring (bicyclic) bond motifs is 1. The van der Waals surface area contributed by atoms with Gasteiger partial charge in [0, 0.05) is 11.8 Å². The van der Waals surface area contributed by atoms with Crippen LogP contribution in [0.25, 0.3) is 0 Å². The lowest BCUT2D eigenvalue weighted by Crippen LogP contribution is -2.33. The van der Waals surface area contributed by atoms with Crippen LogP contribution in [0.3, 0.4) is 0 Å². The fraction of sp³-hybridized carbons (Fsp3) is 0.250. The third kappa shape index (κ3) is 3.29. The summed E-state index contributed by atoms with van der Waals surface area (Å²) in [6.45, 7) is 6.37. The van der Waals surface area contributed by atoms with E-state index in [1.807, 2.05) is 37.3 Å². The zero-order valence-electron chi connectivity index (χ0n) is 17.2. The smallest absolute Gasteiger partial charge is 0.259 e. The Morgan fingerprint density at radius 3 is 2.57 bits per heavy atom. The summed E-state index contributed by atoms with van der Waals surface area (Å²) < 4.78 is 12.8. The summed E-state index contributed by atoms with van der Waals surface area (Å²) in [5.74, 6) is 0.889. The topological polar surface area (TPSA) is 94.2 Å². The third-order valence-corrected chi connectivity index (χ3v) is 5.52. The standard InChI is InChI=1S/C24H23N3O3/c1-14(2)16-6-8-17(9-7-16)21-19(12-25)23(26)30-20-11-15(3)27(24(28)22(20)21)13-18-5-4-10-29-18/h4-11,14,21H,13,26H2,1-3H3/t21-/m1/s1. The molecule has 0 fully saturated rings. The lowest BCUT2D eigenvalue weighted by molar-refractivity contribution is 0.387. The molecule has 1 aliphatic heterocycles. The van der Waals surface area contributed by atoms with Gasteiger partial charge in [0.05, 0.1) is 24.3 Å². The summed E-state index contributed by atoms with van der Waals surface area (Å²) in [6, 6.07) is 15.5. The molecular formula is C24H23N3O3. The summed E-state index contributed by atoms with van der Waals surface area (Å²) in [5.41, 5.74) is 9.23. The van der Waals surface area contributed by atoms with E-state index in [2.05, 4.69) is 19.9 Å². The molecular weight excluding hydrogens is 378 g/mol. The van der Waals surface area contributed by atoms with E-state index in [0.29, 0.717) is 29.5 Å². The molecule has 1 aromatic carbocycles. The van der Waals surface area contributed by atoms with Gasteiger partial charge < -0.3 is 19.5 Å². The van der Waals surface area contributed by atoms with E-state index in [1.165, 1.54) is 5.56 Å². The number of nitrogens with two attached hydrogens (primary N) is 1. The second kappa shape index (κ2) is 7.60. The highest BCUT2D eigenvalue weighted by Gasteiger charge is 2.34. The van der Waals surface area contributed by atoms with Crippen molar-refractivity contribution >= 4 is 0 Å². The van der Waals surface area contributed by atoms with Gasteiger partial charge in [-0.15, -0.1) is 0 Å². The largest absolute Gasteiger partial charge is 0.467 e. The second-order valence-corrected chi connectivity index (χ2v) is 7.78. The number of aryl methyl sites for hydroxylation is 1. The SMILES string of the molecule is Cc1cc2c(c(=O)n1Cc1ccco1)[C@H](c1ccc(C(C)C)cc1)C(C#N)=C(N)O2. The molecule has 3 heterocycles. The first-order valence-electron chi connectivity index (χ1n) is 9.84. The Hall–Kier alpha value is -3.72. The minimum Gasteiger partial charge on any atom is -0.467 e. The number of allylic oxidation sites excluding steroid dienone is 1. The van der Waals surface area contributed by atoms with E-state index >= 15 is 0 Å². The van der Waals surface area contributed by atoms with Gasteiger partial charge in [-0.05, 0) is 36.1 Å². The molecule has 0 saturated heterocycles. The van der Waals surface area contributed by atoms with E-state index in [4.69, 9.17) is 14.9 Å². The van der Waals surface area contributed by atoms with Crippen LogP contribution in [0.15, 0.2) is 69.4 Å². The summed E-state index contributed by atoms with van der Waals surface area (Å²) >= 11 is 0. The van der Waals surface area contributed by atoms with Crippen LogP contribution in [0.2, 0.25) is 0 Å². The van der Waals surface area contributed by atoms with Gasteiger partial charge in [-0.25, -0.2) is 0 Å². The van der Waals surface area contributed by atoms with Gasteiger partial charge in [-0.1, -0.05) is 38.1 Å². The van der Waals surface area contributed by atoms with Crippen LogP contribution in [0, 0.1) is 18.3 Å². The van der Waals surface area contributed by atoms with E-state index in [0.717, 1.165) is 11.3 Å². The number of ether oxygens (including phenoxy) is 1. The molecule has 4 rings (SSSR count). The lowest BCUT2D eigenvalue weighted by Gasteiger charge is -2.27. The van der Waals surface area contributed by atoms with E-state index in [-0.39, 0.29) is 17.0 Å². The van der Waals surface area contributed by atoms with Crippen LogP contribution in [-0.4, -0.2) is 4.57 Å². The molecule has 3 aromatic rings. The molecule has 1 atom stereocenters. The van der Waals surface area contributed by atoms with E-state index in [1.54, 1.807) is 23.0 Å². The number of furan rings is 1. The van der Waals surface area contributed by atoms with Crippen molar-refractivity contribution in [2.24, 2.45) is 5.73 Å². The number of aromatic nitrogens is 1. The molecule has 6 heteroatoms. The van der Waals surface area contributed by atoms with Crippen LogP contribution >= 0.6 is 0 Å². The maximum Gasteiger partial charge on any atom is 0.259 e. The Morgan fingerprint density at radius 2 is 1.97 bits per heavy atom. The van der Waals surface area contributed by atoms with Crippen LogP contribution in [-0.2, 0) is 6.54 Å². The number of rotatable bonds is 4. The molecule has 0 unspecified atom stereocenters. The Bertz CT molecular complexity index is 1210. The predicted octanol–water partition coefficient (Wildman–Crippen LogP) is 4.14. The number of nitrogens with zero attached hydrogens (tertiary/aromatic N) is 2. The van der Waals surface area contributed by atoms with E-state index < -0.39 is 5.92 Å². The number of nitriles is 1. The van der Waals surface area contributed by atoms with Crippen molar-refractivity contribution in [3.63, 3.8) is 0 Å². The van der Waals surface area contributed by atoms with Gasteiger partial charge in [-0.2, -0.15) is 5.26 Å². The summed E-state index contributed by atoms with van der Waals surface area (Å²) in [4.78, 5) is 13.6. The maximum absolute atomic E-state index is 13.6. The van der Waals surface area contributed by atoms with E-state index in [9.17, 15) is 10.1 Å². The molecule has 1 aliphatic rings. The normalized spacial score (nSPS) is 15.6. The molecule has 0 radical (unpaired) electrons. The number of hydrogen-bond acceptors (Lipinski definition) is 5. The third-order valence-electron chi connectivity index (χ3n) is 5.52. The van der Waals surface area contributed by atoms with Crippen LogP contribution in [0.1, 0.15) is 53.8 Å². The van der Waals surface area contributed by atoms with Gasteiger partial charge in [0.1, 0.15) is 23.2 Å². The molecule has 0 spiro atoms. The highest BCUT2D eigenvalue weighted by atomic mass is 16.5. The zero-order valence-corrected chi connectivity index (χ0v) is 17.2. The van der Waals surface area contributed by atoms with Gasteiger partial charge in [0.15, 0.2) is 0 Å². The van der Waals surface area contributed by atoms with Crippen molar-refractivity contribution < 1.29 is 9.15 Å². The Kier molecular flexibility index (Phi) is 4.96. The molecule has 30 heavy (non-hydrogen) atoms. The van der Waals surface area contributed by atoms with Crippen molar-refractivity contribution in [1.29, 1.82) is 5.26 Å². The first-order valence-corrected chi connectivity index (χ1v) is 9.84. The quantitative estimate of drug-likeness (QED) is 0.709. The van der Waals surface area contributed by atoms with Crippen molar-refractivity contribution in [2.75, 3.05) is 0 Å². The monoisotopic (exact) mass is 401 g/mol. The van der Waals surface area contributed by atoms with Crippen molar-refractivity contribution in [3.8, 4) is 11.8 Å². The van der Waals surface area contributed by atoms with Crippen LogP contribution in [0.4, 0.5) is 0 Å². The average molecular weight is 401 g/mol.